The van der Waals surface area contributed by atoms with Crippen molar-refractivity contribution in [2.75, 3.05) is 4.90 Å². The second kappa shape index (κ2) is 12.7. The van der Waals surface area contributed by atoms with Crippen LogP contribution in [0.2, 0.25) is 0 Å². The summed E-state index contributed by atoms with van der Waals surface area (Å²) in [5.74, 6) is 0. The van der Waals surface area contributed by atoms with Crippen molar-refractivity contribution in [2.24, 2.45) is 0 Å². The van der Waals surface area contributed by atoms with Crippen LogP contribution >= 0.6 is 11.3 Å². The number of nitrogens with zero attached hydrogens (tertiary/aromatic N) is 1. The largest absolute Gasteiger partial charge is 0.310 e. The SMILES string of the molecule is c1ccc(-c2cccc(N(c3ccc(-c4ccc5ccccc5c4)cc3)c3ccc(-c4cccc5c4sc4ccc6ccccc6c45)cc3)c2)cc1. The highest BCUT2D eigenvalue weighted by Crippen LogP contribution is 2.44. The monoisotopic (exact) mass is 679 g/mol. The fraction of sp³-hybridized carbons (Fsp3) is 0. The van der Waals surface area contributed by atoms with E-state index < -0.39 is 0 Å². The van der Waals surface area contributed by atoms with Gasteiger partial charge in [0, 0.05) is 37.2 Å². The van der Waals surface area contributed by atoms with E-state index in [1.165, 1.54) is 75.1 Å². The molecule has 10 aromatic rings. The molecule has 0 amide bonds. The molecule has 0 saturated heterocycles. The molecule has 0 fully saturated rings. The Hall–Kier alpha value is -6.48. The molecular formula is C50H33NS. The quantitative estimate of drug-likeness (QED) is 0.169. The highest BCUT2D eigenvalue weighted by atomic mass is 32.1. The molecule has 0 aliphatic heterocycles. The molecule has 244 valence electrons. The number of fused-ring (bicyclic) bond motifs is 6. The van der Waals surface area contributed by atoms with Crippen molar-refractivity contribution in [3.63, 3.8) is 0 Å². The number of hydrogen-bond acceptors (Lipinski definition) is 2. The molecule has 10 rings (SSSR count). The maximum atomic E-state index is 2.37. The Balaban J connectivity index is 1.07. The van der Waals surface area contributed by atoms with Crippen LogP contribution in [0, 0.1) is 0 Å². The minimum Gasteiger partial charge on any atom is -0.310 e. The minimum absolute atomic E-state index is 1.11. The maximum Gasteiger partial charge on any atom is 0.0467 e. The highest BCUT2D eigenvalue weighted by Gasteiger charge is 2.16. The van der Waals surface area contributed by atoms with Crippen molar-refractivity contribution in [2.45, 2.75) is 0 Å². The number of anilines is 3. The third kappa shape index (κ3) is 5.33. The van der Waals surface area contributed by atoms with Crippen LogP contribution in [-0.4, -0.2) is 0 Å². The average molecular weight is 680 g/mol. The predicted octanol–water partition coefficient (Wildman–Crippen LogP) is 14.8. The summed E-state index contributed by atoms with van der Waals surface area (Å²) in [7, 11) is 0. The number of hydrogen-bond donors (Lipinski definition) is 0. The molecule has 0 aliphatic rings. The van der Waals surface area contributed by atoms with Crippen LogP contribution in [0.3, 0.4) is 0 Å². The van der Waals surface area contributed by atoms with Crippen molar-refractivity contribution in [1.29, 1.82) is 0 Å². The van der Waals surface area contributed by atoms with Crippen molar-refractivity contribution in [1.82, 2.24) is 0 Å². The molecule has 0 aliphatic carbocycles. The van der Waals surface area contributed by atoms with Crippen LogP contribution in [0.5, 0.6) is 0 Å². The van der Waals surface area contributed by atoms with Gasteiger partial charge in [-0.1, -0.05) is 152 Å². The second-order valence-corrected chi connectivity index (χ2v) is 14.4. The summed E-state index contributed by atoms with van der Waals surface area (Å²) in [6.45, 7) is 0. The molecule has 1 aromatic heterocycles. The van der Waals surface area contributed by atoms with Crippen LogP contribution in [-0.2, 0) is 0 Å². The molecule has 9 aromatic carbocycles. The zero-order valence-corrected chi connectivity index (χ0v) is 29.2. The van der Waals surface area contributed by atoms with E-state index in [1.54, 1.807) is 0 Å². The normalized spacial score (nSPS) is 11.5. The van der Waals surface area contributed by atoms with E-state index >= 15 is 0 Å². The van der Waals surface area contributed by atoms with Crippen LogP contribution in [0.15, 0.2) is 200 Å². The van der Waals surface area contributed by atoms with Crippen molar-refractivity contribution in [3.05, 3.63) is 200 Å². The number of benzene rings is 9. The Kier molecular flexibility index (Phi) is 7.41. The molecule has 0 radical (unpaired) electrons. The van der Waals surface area contributed by atoms with Crippen LogP contribution in [0.1, 0.15) is 0 Å². The Morgan fingerprint density at radius 3 is 1.71 bits per heavy atom. The summed E-state index contributed by atoms with van der Waals surface area (Å²) in [6.07, 6.45) is 0. The summed E-state index contributed by atoms with van der Waals surface area (Å²) < 4.78 is 2.66. The third-order valence-electron chi connectivity index (χ3n) is 10.2. The van der Waals surface area contributed by atoms with Gasteiger partial charge in [-0.25, -0.2) is 0 Å². The lowest BCUT2D eigenvalue weighted by Crippen LogP contribution is -2.10. The molecule has 2 heteroatoms. The molecule has 1 nitrogen and oxygen atoms in total. The number of thiophene rings is 1. The zero-order chi connectivity index (χ0) is 34.4. The first kappa shape index (κ1) is 30.4. The Labute approximate surface area is 307 Å². The van der Waals surface area contributed by atoms with E-state index in [1.807, 2.05) is 11.3 Å². The predicted molar refractivity (Wildman–Crippen MR) is 225 cm³/mol. The van der Waals surface area contributed by atoms with Crippen molar-refractivity contribution in [3.8, 4) is 33.4 Å². The minimum atomic E-state index is 1.11. The maximum absolute atomic E-state index is 2.37. The van der Waals surface area contributed by atoms with Crippen molar-refractivity contribution < 1.29 is 0 Å². The first-order valence-electron chi connectivity index (χ1n) is 17.8. The Morgan fingerprint density at radius 1 is 0.327 bits per heavy atom. The first-order chi connectivity index (χ1) is 25.8. The summed E-state index contributed by atoms with van der Waals surface area (Å²) >= 11 is 1.89. The third-order valence-corrected chi connectivity index (χ3v) is 11.4. The van der Waals surface area contributed by atoms with Gasteiger partial charge in [0.25, 0.3) is 0 Å². The first-order valence-corrected chi connectivity index (χ1v) is 18.6. The summed E-state index contributed by atoms with van der Waals surface area (Å²) in [6, 6.07) is 72.8. The van der Waals surface area contributed by atoms with Gasteiger partial charge < -0.3 is 4.90 Å². The second-order valence-electron chi connectivity index (χ2n) is 13.4. The molecule has 0 N–H and O–H groups in total. The fourth-order valence-corrected chi connectivity index (χ4v) is 8.91. The highest BCUT2D eigenvalue weighted by molar-refractivity contribution is 7.26. The molecule has 0 saturated carbocycles. The van der Waals surface area contributed by atoms with Gasteiger partial charge >= 0.3 is 0 Å². The van der Waals surface area contributed by atoms with E-state index in [2.05, 4.69) is 205 Å². The van der Waals surface area contributed by atoms with E-state index in [4.69, 9.17) is 0 Å². The molecule has 0 spiro atoms. The van der Waals surface area contributed by atoms with E-state index in [-0.39, 0.29) is 0 Å². The van der Waals surface area contributed by atoms with Crippen LogP contribution in [0.4, 0.5) is 17.1 Å². The van der Waals surface area contributed by atoms with Gasteiger partial charge in [-0.3, -0.25) is 0 Å². The molecule has 0 unspecified atom stereocenters. The lowest BCUT2D eigenvalue weighted by atomic mass is 9.99. The van der Waals surface area contributed by atoms with E-state index in [0.29, 0.717) is 0 Å². The van der Waals surface area contributed by atoms with E-state index in [0.717, 1.165) is 17.1 Å². The average Bonchev–Trinajstić information content (AvgIpc) is 3.62. The van der Waals surface area contributed by atoms with Gasteiger partial charge in [0.05, 0.1) is 0 Å². The van der Waals surface area contributed by atoms with Crippen LogP contribution < -0.4 is 4.90 Å². The Bertz CT molecular complexity index is 2890. The fourth-order valence-electron chi connectivity index (χ4n) is 7.66. The summed E-state index contributed by atoms with van der Waals surface area (Å²) in [5.41, 5.74) is 10.6. The number of rotatable bonds is 6. The zero-order valence-electron chi connectivity index (χ0n) is 28.4. The van der Waals surface area contributed by atoms with Gasteiger partial charge in [-0.05, 0) is 103 Å². The smallest absolute Gasteiger partial charge is 0.0467 e. The van der Waals surface area contributed by atoms with Gasteiger partial charge in [-0.2, -0.15) is 0 Å². The molecule has 52 heavy (non-hydrogen) atoms. The lowest BCUT2D eigenvalue weighted by molar-refractivity contribution is 1.28. The molecule has 0 atom stereocenters. The van der Waals surface area contributed by atoms with Gasteiger partial charge in [-0.15, -0.1) is 11.3 Å². The Morgan fingerprint density at radius 2 is 0.904 bits per heavy atom. The molecule has 1 heterocycles. The van der Waals surface area contributed by atoms with Gasteiger partial charge in [0.1, 0.15) is 0 Å². The summed E-state index contributed by atoms with van der Waals surface area (Å²) in [5, 5.41) is 7.79. The molecular weight excluding hydrogens is 647 g/mol. The van der Waals surface area contributed by atoms with Gasteiger partial charge in [0.2, 0.25) is 0 Å². The lowest BCUT2D eigenvalue weighted by Gasteiger charge is -2.26. The summed E-state index contributed by atoms with van der Waals surface area (Å²) in [4.78, 5) is 2.37. The van der Waals surface area contributed by atoms with E-state index in [9.17, 15) is 0 Å². The van der Waals surface area contributed by atoms with Crippen molar-refractivity contribution >= 4 is 70.1 Å². The van der Waals surface area contributed by atoms with Gasteiger partial charge in [0.15, 0.2) is 0 Å². The topological polar surface area (TPSA) is 3.24 Å². The molecule has 0 bridgehead atoms. The van der Waals surface area contributed by atoms with Crippen LogP contribution in [0.25, 0.3) is 75.1 Å². The standard InChI is InChI=1S/C50H33NS/c1-2-10-34(11-3-1)40-15-8-16-44(33-40)51(42-27-22-36(23-28-42)41-21-20-35-12-4-5-14-39(35)32-41)43-29-24-38(25-30-43)46-18-9-19-47-49-45-17-7-6-13-37(45)26-31-48(49)52-50(46)47/h1-33H.